The van der Waals surface area contributed by atoms with E-state index in [2.05, 4.69) is 16.0 Å². The van der Waals surface area contributed by atoms with E-state index in [-0.39, 0.29) is 45.6 Å². The number of hydrogen-bond acceptors (Lipinski definition) is 15. The highest BCUT2D eigenvalue weighted by molar-refractivity contribution is 5.80. The normalized spacial score (nSPS) is 39.0. The Bertz CT molecular complexity index is 829. The number of carbonyl (C=O) groups is 1. The molecule has 41 heavy (non-hydrogen) atoms. The third-order valence-electron chi connectivity index (χ3n) is 7.36. The van der Waals surface area contributed by atoms with E-state index in [0.717, 1.165) is 0 Å². The Hall–Kier alpha value is -1.35. The first-order chi connectivity index (χ1) is 19.6. The molecule has 3 aliphatic rings. The van der Waals surface area contributed by atoms with Gasteiger partial charge in [-0.25, -0.2) is 0 Å². The lowest BCUT2D eigenvalue weighted by Gasteiger charge is -2.46. The standard InChI is InChI=1S/C25H47N5O11/c1-28-5-4-18(34)23(37)30-17-7-16(27)21(22(20(17)36)41-25-19(35)6-14(11-32)39-25)40-24-15(26)3-2-13(38-24)9-29-8-12(33)10-31/h2-3,12-22,24-25,28-29,31-36H,4-11,26-27H2,1H3,(H,30,37)/t12?,13-,14-,15+,16-,17+,18-,19+,20-,21+,22+,24+,25-/m0/s1. The summed E-state index contributed by atoms with van der Waals surface area (Å²) in [5, 5.41) is 68.4. The Morgan fingerprint density at radius 3 is 2.46 bits per heavy atom. The maximum atomic E-state index is 12.6. The fourth-order valence-electron chi connectivity index (χ4n) is 5.02. The maximum Gasteiger partial charge on any atom is 0.249 e. The van der Waals surface area contributed by atoms with Gasteiger partial charge in [0.2, 0.25) is 5.91 Å². The summed E-state index contributed by atoms with van der Waals surface area (Å²) in [6.45, 7) is 0.110. The summed E-state index contributed by atoms with van der Waals surface area (Å²) in [5.41, 5.74) is 12.7. The Kier molecular flexibility index (Phi) is 13.7. The number of carbonyl (C=O) groups excluding carboxylic acids is 1. The van der Waals surface area contributed by atoms with Gasteiger partial charge in [-0.05, 0) is 26.4 Å². The first kappa shape index (κ1) is 34.1. The molecular weight excluding hydrogens is 546 g/mol. The van der Waals surface area contributed by atoms with Gasteiger partial charge in [0.15, 0.2) is 12.6 Å². The largest absolute Gasteiger partial charge is 0.394 e. The number of nitrogens with one attached hydrogen (secondary N) is 3. The summed E-state index contributed by atoms with van der Waals surface area (Å²) in [7, 11) is 1.69. The second-order valence-electron chi connectivity index (χ2n) is 10.7. The van der Waals surface area contributed by atoms with Crippen molar-refractivity contribution in [2.24, 2.45) is 11.5 Å². The van der Waals surface area contributed by atoms with Gasteiger partial charge in [0.05, 0.1) is 43.6 Å². The quantitative estimate of drug-likeness (QED) is 0.0790. The number of rotatable bonds is 15. The Morgan fingerprint density at radius 1 is 1.07 bits per heavy atom. The molecule has 0 aromatic heterocycles. The molecule has 2 heterocycles. The average molecular weight is 594 g/mol. The van der Waals surface area contributed by atoms with Crippen LogP contribution in [0.4, 0.5) is 0 Å². The summed E-state index contributed by atoms with van der Waals surface area (Å²) < 4.78 is 23.7. The number of amides is 1. The highest BCUT2D eigenvalue weighted by Gasteiger charge is 2.49. The minimum absolute atomic E-state index is 0.0609. The number of aliphatic hydroxyl groups excluding tert-OH is 6. The van der Waals surface area contributed by atoms with Gasteiger partial charge in [-0.3, -0.25) is 4.79 Å². The molecule has 0 aromatic carbocycles. The molecule has 1 unspecified atom stereocenters. The van der Waals surface area contributed by atoms with Gasteiger partial charge in [0.25, 0.3) is 0 Å². The zero-order valence-electron chi connectivity index (χ0n) is 23.2. The molecule has 0 spiro atoms. The van der Waals surface area contributed by atoms with E-state index in [4.69, 9.17) is 35.5 Å². The maximum absolute atomic E-state index is 12.6. The summed E-state index contributed by atoms with van der Waals surface area (Å²) in [5.74, 6) is -0.684. The van der Waals surface area contributed by atoms with Crippen molar-refractivity contribution in [1.29, 1.82) is 0 Å². The van der Waals surface area contributed by atoms with E-state index in [0.29, 0.717) is 6.54 Å². The molecule has 13 atom stereocenters. The van der Waals surface area contributed by atoms with Crippen molar-refractivity contribution in [3.63, 3.8) is 0 Å². The molecule has 2 fully saturated rings. The van der Waals surface area contributed by atoms with Crippen molar-refractivity contribution in [3.8, 4) is 0 Å². The van der Waals surface area contributed by atoms with Crippen LogP contribution in [-0.2, 0) is 23.7 Å². The summed E-state index contributed by atoms with van der Waals surface area (Å²) in [6.07, 6.45) is -6.62. The fraction of sp³-hybridized carbons (Fsp3) is 0.880. The summed E-state index contributed by atoms with van der Waals surface area (Å²) >= 11 is 0. The molecular formula is C25H47N5O11. The minimum atomic E-state index is -1.39. The second-order valence-corrected chi connectivity index (χ2v) is 10.7. The molecule has 3 rings (SSSR count). The van der Waals surface area contributed by atoms with Crippen LogP contribution in [-0.4, -0.2) is 156 Å². The third kappa shape index (κ3) is 9.57. The van der Waals surface area contributed by atoms with Gasteiger partial charge in [-0.1, -0.05) is 12.2 Å². The van der Waals surface area contributed by atoms with Crippen LogP contribution < -0.4 is 27.4 Å². The molecule has 0 radical (unpaired) electrons. The second kappa shape index (κ2) is 16.5. The lowest BCUT2D eigenvalue weighted by Crippen LogP contribution is -2.67. The Balaban J connectivity index is 1.73. The van der Waals surface area contributed by atoms with Crippen LogP contribution in [0.15, 0.2) is 12.2 Å². The monoisotopic (exact) mass is 593 g/mol. The van der Waals surface area contributed by atoms with Crippen LogP contribution in [0, 0.1) is 0 Å². The molecule has 16 nitrogen and oxygen atoms in total. The molecule has 0 aromatic rings. The summed E-state index contributed by atoms with van der Waals surface area (Å²) in [6, 6.07) is -2.44. The molecule has 1 amide bonds. The van der Waals surface area contributed by atoms with Crippen LogP contribution in [0.2, 0.25) is 0 Å². The Labute approximate surface area is 239 Å². The van der Waals surface area contributed by atoms with Crippen LogP contribution in [0.25, 0.3) is 0 Å². The molecule has 1 aliphatic carbocycles. The van der Waals surface area contributed by atoms with Gasteiger partial charge < -0.3 is 77.0 Å². The molecule has 16 heteroatoms. The number of nitrogens with two attached hydrogens (primary N) is 2. The smallest absolute Gasteiger partial charge is 0.249 e. The van der Waals surface area contributed by atoms with Gasteiger partial charge in [0, 0.05) is 25.6 Å². The minimum Gasteiger partial charge on any atom is -0.394 e. The third-order valence-corrected chi connectivity index (χ3v) is 7.36. The van der Waals surface area contributed by atoms with Crippen LogP contribution in [0.5, 0.6) is 0 Å². The number of hydrogen-bond donors (Lipinski definition) is 11. The molecule has 238 valence electrons. The van der Waals surface area contributed by atoms with E-state index >= 15 is 0 Å². The van der Waals surface area contributed by atoms with E-state index in [1.165, 1.54) is 0 Å². The van der Waals surface area contributed by atoms with Gasteiger partial charge in [-0.2, -0.15) is 0 Å². The molecule has 2 aliphatic heterocycles. The predicted molar refractivity (Wildman–Crippen MR) is 143 cm³/mol. The first-order valence-electron chi connectivity index (χ1n) is 14.0. The van der Waals surface area contributed by atoms with Gasteiger partial charge >= 0.3 is 0 Å². The highest BCUT2D eigenvalue weighted by atomic mass is 16.7. The molecule has 0 bridgehead atoms. The topological polar surface area (TPSA) is 263 Å². The lowest BCUT2D eigenvalue weighted by atomic mass is 9.83. The summed E-state index contributed by atoms with van der Waals surface area (Å²) in [4.78, 5) is 12.6. The lowest BCUT2D eigenvalue weighted by molar-refractivity contribution is -0.279. The average Bonchev–Trinajstić information content (AvgIpc) is 3.32. The van der Waals surface area contributed by atoms with Gasteiger partial charge in [-0.15, -0.1) is 0 Å². The SMILES string of the molecule is CNCC[C@H](O)C(=O)N[C@@H]1C[C@H](N)[C@@H](O[C@H]2O[C@H](CNCC(O)CO)C=C[C@H]2N)[C@H](O[C@@H]2O[C@H](CO)C[C@H]2O)[C@H]1O. The van der Waals surface area contributed by atoms with Crippen LogP contribution >= 0.6 is 0 Å². The Morgan fingerprint density at radius 2 is 1.80 bits per heavy atom. The molecule has 1 saturated heterocycles. The van der Waals surface area contributed by atoms with Gasteiger partial charge in [0.1, 0.15) is 30.5 Å². The molecule has 13 N–H and O–H groups in total. The van der Waals surface area contributed by atoms with E-state index in [1.54, 1.807) is 19.2 Å². The van der Waals surface area contributed by atoms with E-state index in [1.807, 2.05) is 0 Å². The van der Waals surface area contributed by atoms with Crippen molar-refractivity contribution in [2.75, 3.05) is 39.9 Å². The van der Waals surface area contributed by atoms with Crippen molar-refractivity contribution in [2.45, 2.75) is 98.8 Å². The van der Waals surface area contributed by atoms with E-state index < -0.39 is 85.4 Å². The van der Waals surface area contributed by atoms with E-state index in [9.17, 15) is 30.3 Å². The highest BCUT2D eigenvalue weighted by Crippen LogP contribution is 2.31. The van der Waals surface area contributed by atoms with Crippen molar-refractivity contribution in [3.05, 3.63) is 12.2 Å². The predicted octanol–water partition coefficient (Wildman–Crippen LogP) is -5.68. The van der Waals surface area contributed by atoms with Crippen molar-refractivity contribution in [1.82, 2.24) is 16.0 Å². The van der Waals surface area contributed by atoms with Crippen LogP contribution in [0.3, 0.4) is 0 Å². The van der Waals surface area contributed by atoms with Crippen LogP contribution in [0.1, 0.15) is 19.3 Å². The van der Waals surface area contributed by atoms with Crippen molar-refractivity contribution >= 4 is 5.91 Å². The van der Waals surface area contributed by atoms with Crippen molar-refractivity contribution < 1.29 is 54.4 Å². The zero-order valence-corrected chi connectivity index (χ0v) is 23.2. The number of aliphatic hydroxyl groups is 6. The number of ether oxygens (including phenoxy) is 4. The molecule has 1 saturated carbocycles. The first-order valence-corrected chi connectivity index (χ1v) is 14.0. The fourth-order valence-corrected chi connectivity index (χ4v) is 5.02. The zero-order chi connectivity index (χ0) is 30.1.